The van der Waals surface area contributed by atoms with E-state index in [4.69, 9.17) is 0 Å². The van der Waals surface area contributed by atoms with E-state index in [-0.39, 0.29) is 17.3 Å². The van der Waals surface area contributed by atoms with Crippen LogP contribution in [0.2, 0.25) is 0 Å². The maximum atomic E-state index is 12.9. The fourth-order valence-electron chi connectivity index (χ4n) is 3.40. The molecule has 0 atom stereocenters. The predicted molar refractivity (Wildman–Crippen MR) is 98.0 cm³/mol. The van der Waals surface area contributed by atoms with Crippen molar-refractivity contribution in [2.75, 3.05) is 5.43 Å². The first-order chi connectivity index (χ1) is 12.6. The van der Waals surface area contributed by atoms with Gasteiger partial charge in [0, 0.05) is 17.1 Å². The largest absolute Gasteiger partial charge is 0.294 e. The molecule has 0 aliphatic heterocycles. The maximum absolute atomic E-state index is 12.9. The van der Waals surface area contributed by atoms with E-state index in [0.717, 1.165) is 41.4 Å². The van der Waals surface area contributed by atoms with Crippen LogP contribution in [0.3, 0.4) is 0 Å². The number of rotatable bonds is 4. The molecule has 7 nitrogen and oxygen atoms in total. The number of nitrogens with one attached hydrogen (secondary N) is 2. The third kappa shape index (κ3) is 2.73. The van der Waals surface area contributed by atoms with E-state index in [9.17, 15) is 14.9 Å². The number of aromatic nitrogens is 1. The van der Waals surface area contributed by atoms with Crippen molar-refractivity contribution >= 4 is 28.2 Å². The molecule has 1 amide bonds. The third-order valence-electron chi connectivity index (χ3n) is 4.56. The van der Waals surface area contributed by atoms with Gasteiger partial charge in [0.1, 0.15) is 5.69 Å². The fourth-order valence-corrected chi connectivity index (χ4v) is 3.40. The van der Waals surface area contributed by atoms with Gasteiger partial charge in [-0.1, -0.05) is 30.3 Å². The van der Waals surface area contributed by atoms with Crippen molar-refractivity contribution in [3.8, 4) is 0 Å². The Labute approximate surface area is 149 Å². The van der Waals surface area contributed by atoms with Gasteiger partial charge in [-0.25, -0.2) is 0 Å². The highest BCUT2D eigenvalue weighted by molar-refractivity contribution is 6.08. The lowest BCUT2D eigenvalue weighted by atomic mass is 10.0. The summed E-state index contributed by atoms with van der Waals surface area (Å²) in [4.78, 5) is 28.2. The van der Waals surface area contributed by atoms with Crippen molar-refractivity contribution in [3.05, 3.63) is 75.5 Å². The highest BCUT2D eigenvalue weighted by Crippen LogP contribution is 2.30. The second-order valence-corrected chi connectivity index (χ2v) is 6.14. The van der Waals surface area contributed by atoms with Crippen LogP contribution in [0.5, 0.6) is 0 Å². The van der Waals surface area contributed by atoms with Gasteiger partial charge < -0.3 is 0 Å². The summed E-state index contributed by atoms with van der Waals surface area (Å²) >= 11 is 0. The minimum Gasteiger partial charge on any atom is -0.292 e. The molecule has 26 heavy (non-hydrogen) atoms. The molecular formula is C19H16N4O3. The van der Waals surface area contributed by atoms with Crippen LogP contribution in [0.1, 0.15) is 28.0 Å². The second kappa shape index (κ2) is 6.44. The molecule has 2 aromatic carbocycles. The van der Waals surface area contributed by atoms with Crippen LogP contribution < -0.4 is 10.9 Å². The Morgan fingerprint density at radius 2 is 1.85 bits per heavy atom. The van der Waals surface area contributed by atoms with Gasteiger partial charge in [-0.3, -0.25) is 30.7 Å². The summed E-state index contributed by atoms with van der Waals surface area (Å²) < 4.78 is 0. The first-order valence-corrected chi connectivity index (χ1v) is 8.35. The Bertz CT molecular complexity index is 1030. The molecule has 7 heteroatoms. The second-order valence-electron chi connectivity index (χ2n) is 6.14. The first-order valence-electron chi connectivity index (χ1n) is 8.35. The molecule has 1 aromatic heterocycles. The lowest BCUT2D eigenvalue weighted by Crippen LogP contribution is -2.30. The molecule has 1 heterocycles. The zero-order valence-electron chi connectivity index (χ0n) is 13.9. The normalized spacial score (nSPS) is 12.6. The number of hydrogen-bond acceptors (Lipinski definition) is 5. The number of pyridine rings is 1. The van der Waals surface area contributed by atoms with Gasteiger partial charge in [-0.2, -0.15) is 0 Å². The van der Waals surface area contributed by atoms with Crippen molar-refractivity contribution in [1.82, 2.24) is 10.4 Å². The molecule has 3 aromatic rings. The quantitative estimate of drug-likeness (QED) is 0.556. The predicted octanol–water partition coefficient (Wildman–Crippen LogP) is 3.39. The molecule has 2 N–H and O–H groups in total. The van der Waals surface area contributed by atoms with E-state index in [2.05, 4.69) is 15.8 Å². The van der Waals surface area contributed by atoms with Crippen LogP contribution in [0.15, 0.2) is 48.5 Å². The molecule has 0 spiro atoms. The van der Waals surface area contributed by atoms with Gasteiger partial charge in [-0.15, -0.1) is 0 Å². The number of hydrogen-bond donors (Lipinski definition) is 2. The summed E-state index contributed by atoms with van der Waals surface area (Å²) in [5, 5.41) is 11.9. The van der Waals surface area contributed by atoms with Gasteiger partial charge in [0.05, 0.1) is 16.0 Å². The number of benzene rings is 2. The SMILES string of the molecule is O=C(NNc1ccccc1[N+](=O)[O-])c1c2c(nc3ccccc13)CCC2. The van der Waals surface area contributed by atoms with Crippen molar-refractivity contribution in [1.29, 1.82) is 0 Å². The van der Waals surface area contributed by atoms with E-state index in [1.165, 1.54) is 6.07 Å². The lowest BCUT2D eigenvalue weighted by Gasteiger charge is -2.14. The van der Waals surface area contributed by atoms with E-state index >= 15 is 0 Å². The Morgan fingerprint density at radius 3 is 2.69 bits per heavy atom. The number of anilines is 1. The number of nitro groups is 1. The van der Waals surface area contributed by atoms with Gasteiger partial charge in [0.25, 0.3) is 11.6 Å². The number of amides is 1. The topological polar surface area (TPSA) is 97.2 Å². The van der Waals surface area contributed by atoms with Crippen LogP contribution in [0, 0.1) is 10.1 Å². The van der Waals surface area contributed by atoms with Gasteiger partial charge in [0.15, 0.2) is 0 Å². The number of nitro benzene ring substituents is 1. The van der Waals surface area contributed by atoms with E-state index < -0.39 is 4.92 Å². The molecule has 0 bridgehead atoms. The summed E-state index contributed by atoms with van der Waals surface area (Å²) in [5.41, 5.74) is 8.73. The third-order valence-corrected chi connectivity index (χ3v) is 4.56. The van der Waals surface area contributed by atoms with Crippen LogP contribution in [0.4, 0.5) is 11.4 Å². The van der Waals surface area contributed by atoms with E-state index in [1.54, 1.807) is 18.2 Å². The minimum absolute atomic E-state index is 0.0994. The minimum atomic E-state index is -0.492. The van der Waals surface area contributed by atoms with E-state index in [0.29, 0.717) is 5.56 Å². The summed E-state index contributed by atoms with van der Waals surface area (Å²) in [5.74, 6) is -0.320. The molecule has 0 saturated carbocycles. The van der Waals surface area contributed by atoms with Crippen LogP contribution >= 0.6 is 0 Å². The number of carbonyl (C=O) groups excluding carboxylic acids is 1. The van der Waals surface area contributed by atoms with Crippen molar-refractivity contribution in [2.45, 2.75) is 19.3 Å². The van der Waals surface area contributed by atoms with Gasteiger partial charge >= 0.3 is 0 Å². The average molecular weight is 348 g/mol. The Hall–Kier alpha value is -3.48. The lowest BCUT2D eigenvalue weighted by molar-refractivity contribution is -0.384. The molecule has 0 saturated heterocycles. The number of fused-ring (bicyclic) bond motifs is 2. The molecule has 4 rings (SSSR count). The molecule has 0 unspecified atom stereocenters. The molecule has 0 radical (unpaired) electrons. The molecule has 0 fully saturated rings. The number of aryl methyl sites for hydroxylation is 1. The molecule has 130 valence electrons. The monoisotopic (exact) mass is 348 g/mol. The summed E-state index contributed by atoms with van der Waals surface area (Å²) in [6.07, 6.45) is 2.63. The summed E-state index contributed by atoms with van der Waals surface area (Å²) in [7, 11) is 0. The zero-order valence-corrected chi connectivity index (χ0v) is 13.9. The number of carbonyl (C=O) groups is 1. The standard InChI is InChI=1S/C19H16N4O3/c24-19(22-21-16-9-3-4-11-17(16)23(25)26)18-12-6-1-2-8-14(12)20-15-10-5-7-13(15)18/h1-4,6,8-9,11,21H,5,7,10H2,(H,22,24). The fraction of sp³-hybridized carbons (Fsp3) is 0.158. The van der Waals surface area contributed by atoms with Crippen molar-refractivity contribution in [3.63, 3.8) is 0 Å². The zero-order chi connectivity index (χ0) is 18.1. The Morgan fingerprint density at radius 1 is 1.08 bits per heavy atom. The summed E-state index contributed by atoms with van der Waals surface area (Å²) in [6, 6.07) is 13.7. The van der Waals surface area contributed by atoms with Gasteiger partial charge in [0.2, 0.25) is 0 Å². The Kier molecular flexibility index (Phi) is 3.96. The first kappa shape index (κ1) is 16.0. The van der Waals surface area contributed by atoms with Crippen molar-refractivity contribution < 1.29 is 9.72 Å². The maximum Gasteiger partial charge on any atom is 0.294 e. The van der Waals surface area contributed by atoms with Crippen LogP contribution in [0.25, 0.3) is 10.9 Å². The molecular weight excluding hydrogens is 332 g/mol. The number of nitrogens with zero attached hydrogens (tertiary/aromatic N) is 2. The Balaban J connectivity index is 1.69. The van der Waals surface area contributed by atoms with Crippen molar-refractivity contribution in [2.24, 2.45) is 0 Å². The highest BCUT2D eigenvalue weighted by Gasteiger charge is 2.24. The smallest absolute Gasteiger partial charge is 0.292 e. The molecule has 1 aliphatic carbocycles. The highest BCUT2D eigenvalue weighted by atomic mass is 16.6. The van der Waals surface area contributed by atoms with Crippen LogP contribution in [-0.2, 0) is 12.8 Å². The summed E-state index contributed by atoms with van der Waals surface area (Å²) in [6.45, 7) is 0. The van der Waals surface area contributed by atoms with E-state index in [1.807, 2.05) is 24.3 Å². The van der Waals surface area contributed by atoms with Gasteiger partial charge in [-0.05, 0) is 37.0 Å². The average Bonchev–Trinajstić information content (AvgIpc) is 3.12. The number of para-hydroxylation sites is 3. The molecule has 1 aliphatic rings. The van der Waals surface area contributed by atoms with Crippen LogP contribution in [-0.4, -0.2) is 15.8 Å². The number of hydrazine groups is 1.